The number of thiophene rings is 2. The summed E-state index contributed by atoms with van der Waals surface area (Å²) in [6.45, 7) is 2.77. The van der Waals surface area contributed by atoms with Crippen LogP contribution in [0.3, 0.4) is 0 Å². The Kier molecular flexibility index (Phi) is 2.46. The van der Waals surface area contributed by atoms with Crippen molar-refractivity contribution < 1.29 is 0 Å². The molecule has 2 aliphatic heterocycles. The Morgan fingerprint density at radius 1 is 1.06 bits per heavy atom. The van der Waals surface area contributed by atoms with Gasteiger partial charge in [0.15, 0.2) is 0 Å². The molecule has 0 amide bonds. The number of nitrogens with zero attached hydrogens (tertiary/aromatic N) is 1. The molecular weight excluding hydrogens is 260 g/mol. The third kappa shape index (κ3) is 1.53. The Hall–Kier alpha value is -1.23. The minimum Gasteiger partial charge on any atom is -0.309 e. The van der Waals surface area contributed by atoms with E-state index in [4.69, 9.17) is 0 Å². The highest BCUT2D eigenvalue weighted by Crippen LogP contribution is 2.43. The fourth-order valence-electron chi connectivity index (χ4n) is 2.42. The average Bonchev–Trinajstić information content (AvgIpc) is 2.69. The zero-order chi connectivity index (χ0) is 11.9. The maximum absolute atomic E-state index is 4.43. The van der Waals surface area contributed by atoms with Crippen molar-refractivity contribution in [3.63, 3.8) is 0 Å². The molecular formula is C14H12N2S2. The first-order valence-electron chi connectivity index (χ1n) is 6.04. The van der Waals surface area contributed by atoms with Crippen molar-refractivity contribution in [2.45, 2.75) is 13.1 Å². The third-order valence-corrected chi connectivity index (χ3v) is 5.94. The second-order valence-corrected chi connectivity index (χ2v) is 6.53. The molecule has 2 aromatic rings. The Morgan fingerprint density at radius 3 is 2.83 bits per heavy atom. The van der Waals surface area contributed by atoms with Gasteiger partial charge in [-0.05, 0) is 18.2 Å². The number of hydrogen-bond acceptors (Lipinski definition) is 4. The van der Waals surface area contributed by atoms with Gasteiger partial charge in [-0.1, -0.05) is 6.08 Å². The van der Waals surface area contributed by atoms with Gasteiger partial charge in [-0.25, -0.2) is 0 Å². The Balaban J connectivity index is 2.00. The summed E-state index contributed by atoms with van der Waals surface area (Å²) in [4.78, 5) is 7.22. The third-order valence-electron chi connectivity index (χ3n) is 3.29. The fourth-order valence-corrected chi connectivity index (χ4v) is 5.18. The van der Waals surface area contributed by atoms with E-state index in [1.807, 2.05) is 35.0 Å². The number of fused-ring (bicyclic) bond motifs is 5. The molecule has 0 aliphatic carbocycles. The van der Waals surface area contributed by atoms with E-state index in [1.165, 1.54) is 30.3 Å². The number of hydrogen-bond donors (Lipinski definition) is 1. The van der Waals surface area contributed by atoms with E-state index in [0.717, 1.165) is 19.6 Å². The van der Waals surface area contributed by atoms with E-state index in [9.17, 15) is 0 Å². The molecule has 0 unspecified atom stereocenters. The summed E-state index contributed by atoms with van der Waals surface area (Å²) in [5.41, 5.74) is 2.88. The van der Waals surface area contributed by atoms with Gasteiger partial charge in [0, 0.05) is 40.2 Å². The lowest BCUT2D eigenvalue weighted by molar-refractivity contribution is 0.772. The summed E-state index contributed by atoms with van der Waals surface area (Å²) in [6, 6.07) is 0. The molecule has 0 saturated carbocycles. The molecule has 1 N–H and O–H groups in total. The van der Waals surface area contributed by atoms with Gasteiger partial charge in [0.2, 0.25) is 0 Å². The van der Waals surface area contributed by atoms with E-state index in [1.54, 1.807) is 0 Å². The van der Waals surface area contributed by atoms with Crippen LogP contribution in [0.1, 0.15) is 20.9 Å². The lowest BCUT2D eigenvalue weighted by Gasteiger charge is -1.97. The molecule has 0 atom stereocenters. The highest BCUT2D eigenvalue weighted by molar-refractivity contribution is 7.29. The molecule has 2 aliphatic rings. The van der Waals surface area contributed by atoms with Gasteiger partial charge in [-0.2, -0.15) is 0 Å². The number of allylic oxidation sites excluding steroid dienone is 1. The normalized spacial score (nSPS) is 17.6. The van der Waals surface area contributed by atoms with Crippen LogP contribution in [-0.4, -0.2) is 12.8 Å². The first-order chi connectivity index (χ1) is 8.93. The smallest absolute Gasteiger partial charge is 0.0668 e. The van der Waals surface area contributed by atoms with E-state index in [-0.39, 0.29) is 0 Å². The lowest BCUT2D eigenvalue weighted by Crippen LogP contribution is -2.10. The molecule has 0 fully saturated rings. The Morgan fingerprint density at radius 2 is 1.89 bits per heavy atom. The summed E-state index contributed by atoms with van der Waals surface area (Å²) in [6.07, 6.45) is 10.6. The topological polar surface area (TPSA) is 24.4 Å². The van der Waals surface area contributed by atoms with Gasteiger partial charge in [-0.15, -0.1) is 22.7 Å². The van der Waals surface area contributed by atoms with Crippen LogP contribution >= 0.6 is 22.7 Å². The fraction of sp³-hybridized carbons (Fsp3) is 0.214. The van der Waals surface area contributed by atoms with Gasteiger partial charge in [0.25, 0.3) is 0 Å². The highest BCUT2D eigenvalue weighted by atomic mass is 32.1. The number of nitrogens with one attached hydrogen (secondary N) is 1. The number of aliphatic imine (C=N–C) groups is 1. The maximum Gasteiger partial charge on any atom is 0.0668 e. The van der Waals surface area contributed by atoms with Crippen LogP contribution in [0.5, 0.6) is 0 Å². The van der Waals surface area contributed by atoms with Crippen LogP contribution < -0.4 is 5.32 Å². The van der Waals surface area contributed by atoms with Gasteiger partial charge in [0.1, 0.15) is 0 Å². The monoisotopic (exact) mass is 272 g/mol. The molecule has 0 saturated heterocycles. The molecule has 0 bridgehead atoms. The van der Waals surface area contributed by atoms with Crippen molar-refractivity contribution in [3.05, 3.63) is 33.0 Å². The van der Waals surface area contributed by atoms with Crippen molar-refractivity contribution in [1.82, 2.24) is 5.32 Å². The molecule has 0 spiro atoms. The van der Waals surface area contributed by atoms with E-state index >= 15 is 0 Å². The van der Waals surface area contributed by atoms with Crippen LogP contribution in [0, 0.1) is 0 Å². The van der Waals surface area contributed by atoms with Crippen molar-refractivity contribution in [3.8, 4) is 0 Å². The van der Waals surface area contributed by atoms with Crippen LogP contribution in [0.25, 0.3) is 21.6 Å². The Bertz CT molecular complexity index is 701. The molecule has 0 aromatic carbocycles. The predicted molar refractivity (Wildman–Crippen MR) is 81.7 cm³/mol. The van der Waals surface area contributed by atoms with Gasteiger partial charge in [-0.3, -0.25) is 4.99 Å². The van der Waals surface area contributed by atoms with Crippen LogP contribution in [0.2, 0.25) is 0 Å². The van der Waals surface area contributed by atoms with E-state index in [0.29, 0.717) is 0 Å². The molecule has 18 heavy (non-hydrogen) atoms. The van der Waals surface area contributed by atoms with Crippen LogP contribution in [0.4, 0.5) is 0 Å². The number of rotatable bonds is 0. The maximum atomic E-state index is 4.43. The minimum atomic E-state index is 0.818. The molecule has 4 heteroatoms. The first-order valence-corrected chi connectivity index (χ1v) is 7.67. The Labute approximate surface area is 113 Å². The SMILES string of the molecule is C1=Cc2sc3c4c(sc3c2CN=C1)C=CCNC4. The second kappa shape index (κ2) is 4.16. The molecule has 2 aromatic heterocycles. The quantitative estimate of drug-likeness (QED) is 0.777. The first kappa shape index (κ1) is 10.7. The summed E-state index contributed by atoms with van der Waals surface area (Å²) >= 11 is 3.83. The standard InChI is InChI=1S/C14H12N2S2/c1-3-11-9(7-15-5-1)13-14(17-11)10-8-16-6-2-4-12(10)18-13/h1-5,16H,6-8H2. The van der Waals surface area contributed by atoms with Crippen LogP contribution in [-0.2, 0) is 13.1 Å². The summed E-state index contributed by atoms with van der Waals surface area (Å²) in [5.74, 6) is 0. The summed E-state index contributed by atoms with van der Waals surface area (Å²) < 4.78 is 2.90. The van der Waals surface area contributed by atoms with E-state index < -0.39 is 0 Å². The molecule has 2 nitrogen and oxygen atoms in total. The van der Waals surface area contributed by atoms with Crippen molar-refractivity contribution in [2.75, 3.05) is 6.54 Å². The second-order valence-electron chi connectivity index (χ2n) is 4.43. The van der Waals surface area contributed by atoms with E-state index in [2.05, 4.69) is 28.5 Å². The molecule has 4 heterocycles. The zero-order valence-corrected chi connectivity index (χ0v) is 11.4. The van der Waals surface area contributed by atoms with Gasteiger partial charge < -0.3 is 5.32 Å². The highest BCUT2D eigenvalue weighted by Gasteiger charge is 2.19. The predicted octanol–water partition coefficient (Wildman–Crippen LogP) is 3.68. The summed E-state index contributed by atoms with van der Waals surface area (Å²) in [5, 5.41) is 3.45. The molecule has 4 rings (SSSR count). The molecule has 0 radical (unpaired) electrons. The zero-order valence-electron chi connectivity index (χ0n) is 9.77. The van der Waals surface area contributed by atoms with Gasteiger partial charge >= 0.3 is 0 Å². The summed E-state index contributed by atoms with van der Waals surface area (Å²) in [7, 11) is 0. The average molecular weight is 272 g/mol. The molecule has 90 valence electrons. The van der Waals surface area contributed by atoms with Crippen LogP contribution in [0.15, 0.2) is 17.1 Å². The van der Waals surface area contributed by atoms with Gasteiger partial charge in [0.05, 0.1) is 15.9 Å². The largest absolute Gasteiger partial charge is 0.309 e. The lowest BCUT2D eigenvalue weighted by atomic mass is 10.2. The van der Waals surface area contributed by atoms with Crippen molar-refractivity contribution in [1.29, 1.82) is 0 Å². The minimum absolute atomic E-state index is 0.818. The van der Waals surface area contributed by atoms with Crippen molar-refractivity contribution in [2.24, 2.45) is 4.99 Å². The van der Waals surface area contributed by atoms with Crippen molar-refractivity contribution >= 4 is 50.4 Å².